The molecule has 0 heterocycles. The van der Waals surface area contributed by atoms with Gasteiger partial charge in [-0.25, -0.2) is 0 Å². The van der Waals surface area contributed by atoms with Crippen molar-refractivity contribution in [3.05, 3.63) is 0 Å². The fraction of sp³-hybridized carbons (Fsp3) is 1.00. The van der Waals surface area contributed by atoms with Crippen LogP contribution in [0.3, 0.4) is 0 Å². The maximum absolute atomic E-state index is 9.33. The molecule has 0 aromatic rings. The Balaban J connectivity index is -0.000000125. The first kappa shape index (κ1) is 15.7. The maximum atomic E-state index is 9.33. The van der Waals surface area contributed by atoms with Gasteiger partial charge in [0.1, 0.15) is 0 Å². The summed E-state index contributed by atoms with van der Waals surface area (Å²) < 4.78 is 29.7. The molecule has 0 saturated heterocycles. The van der Waals surface area contributed by atoms with E-state index < -0.39 is 10.4 Å². The molecule has 0 saturated carbocycles. The summed E-state index contributed by atoms with van der Waals surface area (Å²) in [7, 11) is -3.29. The quantitative estimate of drug-likeness (QED) is 0.448. The predicted molar refractivity (Wildman–Crippen MR) is 27.2 cm³/mol. The van der Waals surface area contributed by atoms with Crippen LogP contribution in [0.2, 0.25) is 0 Å². The van der Waals surface area contributed by atoms with Crippen LogP contribution >= 0.6 is 0 Å². The molecule has 54 valence electrons. The summed E-state index contributed by atoms with van der Waals surface area (Å²) in [5.41, 5.74) is 0. The first-order valence-corrected chi connectivity index (χ1v) is 2.46. The SMILES string of the molecule is COS(=O)(=O)O.N.O. The molecular weight excluding hydrogens is 138 g/mol. The molecule has 0 aromatic heterocycles. The second-order valence-corrected chi connectivity index (χ2v) is 1.78. The highest BCUT2D eigenvalue weighted by Gasteiger charge is 1.93. The third-order valence-corrected chi connectivity index (χ3v) is 0.632. The third kappa shape index (κ3) is 17.1. The smallest absolute Gasteiger partial charge is 0.397 e. The number of hydrogen-bond acceptors (Lipinski definition) is 4. The van der Waals surface area contributed by atoms with E-state index >= 15 is 0 Å². The summed E-state index contributed by atoms with van der Waals surface area (Å²) >= 11 is 0. The molecule has 0 aromatic carbocycles. The van der Waals surface area contributed by atoms with Crippen molar-refractivity contribution in [2.24, 2.45) is 0 Å². The number of hydrogen-bond donors (Lipinski definition) is 2. The Labute approximate surface area is 47.3 Å². The first-order valence-electron chi connectivity index (χ1n) is 1.09. The van der Waals surface area contributed by atoms with Gasteiger partial charge in [0.2, 0.25) is 0 Å². The maximum Gasteiger partial charge on any atom is 0.397 e. The van der Waals surface area contributed by atoms with Crippen LogP contribution in [0.15, 0.2) is 0 Å². The molecule has 0 bridgehead atoms. The third-order valence-electron chi connectivity index (χ3n) is 0.211. The van der Waals surface area contributed by atoms with E-state index in [2.05, 4.69) is 4.18 Å². The predicted octanol–water partition coefficient (Wildman–Crippen LogP) is -1.23. The van der Waals surface area contributed by atoms with Crippen LogP contribution in [-0.2, 0) is 14.6 Å². The molecule has 6 nitrogen and oxygen atoms in total. The van der Waals surface area contributed by atoms with E-state index in [-0.39, 0.29) is 11.6 Å². The Morgan fingerprint density at radius 2 is 1.62 bits per heavy atom. The summed E-state index contributed by atoms with van der Waals surface area (Å²) in [6, 6.07) is 0. The molecule has 0 amide bonds. The molecule has 0 unspecified atom stereocenters. The van der Waals surface area contributed by atoms with Gasteiger partial charge in [-0.2, -0.15) is 8.42 Å². The van der Waals surface area contributed by atoms with Gasteiger partial charge in [0.25, 0.3) is 0 Å². The van der Waals surface area contributed by atoms with Crippen LogP contribution in [0.1, 0.15) is 0 Å². The van der Waals surface area contributed by atoms with E-state index in [1.54, 1.807) is 0 Å². The van der Waals surface area contributed by atoms with Crippen molar-refractivity contribution in [2.45, 2.75) is 0 Å². The zero-order chi connectivity index (χ0) is 5.21. The van der Waals surface area contributed by atoms with E-state index in [0.717, 1.165) is 7.11 Å². The fourth-order valence-electron chi connectivity index (χ4n) is 0. The molecule has 0 aliphatic rings. The second kappa shape index (κ2) is 4.94. The van der Waals surface area contributed by atoms with Crippen molar-refractivity contribution in [3.8, 4) is 0 Å². The van der Waals surface area contributed by atoms with Crippen LogP contribution in [0.5, 0.6) is 0 Å². The molecule has 7 heteroatoms. The summed E-state index contributed by atoms with van der Waals surface area (Å²) in [6.07, 6.45) is 0. The minimum Gasteiger partial charge on any atom is -0.412 e. The molecule has 0 rings (SSSR count). The molecule has 0 radical (unpaired) electrons. The average molecular weight is 147 g/mol. The van der Waals surface area contributed by atoms with Crippen molar-refractivity contribution in [2.75, 3.05) is 7.11 Å². The van der Waals surface area contributed by atoms with Gasteiger partial charge in [0, 0.05) is 0 Å². The highest BCUT2D eigenvalue weighted by Crippen LogP contribution is 1.74. The van der Waals surface area contributed by atoms with E-state index in [9.17, 15) is 8.42 Å². The summed E-state index contributed by atoms with van der Waals surface area (Å²) in [6.45, 7) is 0. The van der Waals surface area contributed by atoms with Crippen molar-refractivity contribution >= 4 is 10.4 Å². The molecular formula is CH9NO5S. The molecule has 0 fully saturated rings. The minimum absolute atomic E-state index is 0. The Hall–Kier alpha value is -0.210. The Morgan fingerprint density at radius 3 is 1.62 bits per heavy atom. The van der Waals surface area contributed by atoms with Crippen molar-refractivity contribution in [3.63, 3.8) is 0 Å². The zero-order valence-electron chi connectivity index (χ0n) is 4.29. The van der Waals surface area contributed by atoms with Crippen LogP contribution < -0.4 is 6.15 Å². The lowest BCUT2D eigenvalue weighted by molar-refractivity contribution is 0.324. The Kier molecular flexibility index (Phi) is 9.66. The van der Waals surface area contributed by atoms with Crippen LogP contribution in [0.4, 0.5) is 0 Å². The van der Waals surface area contributed by atoms with Gasteiger partial charge in [0.15, 0.2) is 0 Å². The summed E-state index contributed by atoms with van der Waals surface area (Å²) in [4.78, 5) is 0. The highest BCUT2D eigenvalue weighted by atomic mass is 32.3. The molecule has 0 aliphatic carbocycles. The van der Waals surface area contributed by atoms with Crippen LogP contribution in [0, 0.1) is 0 Å². The van der Waals surface area contributed by atoms with Gasteiger partial charge >= 0.3 is 10.4 Å². The molecule has 0 atom stereocenters. The summed E-state index contributed by atoms with van der Waals surface area (Å²) in [5, 5.41) is 0. The standard InChI is InChI=1S/CH4O4S.H3N.H2O/c1-5-6(2,3)4;;/h1H3,(H,2,3,4);1H3;1H2. The number of rotatable bonds is 1. The lowest BCUT2D eigenvalue weighted by Gasteiger charge is -1.82. The van der Waals surface area contributed by atoms with E-state index in [0.29, 0.717) is 0 Å². The van der Waals surface area contributed by atoms with Gasteiger partial charge in [-0.3, -0.25) is 8.74 Å². The Morgan fingerprint density at radius 1 is 1.50 bits per heavy atom. The van der Waals surface area contributed by atoms with Gasteiger partial charge in [0.05, 0.1) is 7.11 Å². The van der Waals surface area contributed by atoms with Gasteiger partial charge < -0.3 is 11.6 Å². The van der Waals surface area contributed by atoms with Crippen LogP contribution in [-0.4, -0.2) is 25.6 Å². The largest absolute Gasteiger partial charge is 0.412 e. The van der Waals surface area contributed by atoms with Gasteiger partial charge in [-0.15, -0.1) is 0 Å². The highest BCUT2D eigenvalue weighted by molar-refractivity contribution is 7.80. The summed E-state index contributed by atoms with van der Waals surface area (Å²) in [5.74, 6) is 0. The lowest BCUT2D eigenvalue weighted by Crippen LogP contribution is -1.96. The monoisotopic (exact) mass is 147 g/mol. The van der Waals surface area contributed by atoms with Crippen molar-refractivity contribution < 1.29 is 22.6 Å². The van der Waals surface area contributed by atoms with Crippen LogP contribution in [0.25, 0.3) is 0 Å². The zero-order valence-corrected chi connectivity index (χ0v) is 5.10. The lowest BCUT2D eigenvalue weighted by atomic mass is 11.8. The van der Waals surface area contributed by atoms with Gasteiger partial charge in [-0.1, -0.05) is 0 Å². The molecule has 0 aliphatic heterocycles. The topological polar surface area (TPSA) is 130 Å². The molecule has 6 N–H and O–H groups in total. The van der Waals surface area contributed by atoms with Gasteiger partial charge in [-0.05, 0) is 0 Å². The molecule has 0 spiro atoms. The van der Waals surface area contributed by atoms with Crippen molar-refractivity contribution in [1.82, 2.24) is 6.15 Å². The fourth-order valence-corrected chi connectivity index (χ4v) is 0. The Bertz CT molecular complexity index is 114. The van der Waals surface area contributed by atoms with E-state index in [1.807, 2.05) is 0 Å². The average Bonchev–Trinajstić information content (AvgIpc) is 1.35. The van der Waals surface area contributed by atoms with E-state index in [1.165, 1.54) is 0 Å². The minimum atomic E-state index is -4.16. The second-order valence-electron chi connectivity index (χ2n) is 0.594. The normalized spacial score (nSPS) is 8.75. The van der Waals surface area contributed by atoms with E-state index in [4.69, 9.17) is 4.55 Å². The first-order chi connectivity index (χ1) is 2.56. The molecule has 8 heavy (non-hydrogen) atoms. The van der Waals surface area contributed by atoms with Crippen molar-refractivity contribution in [1.29, 1.82) is 0 Å².